The maximum absolute atomic E-state index is 13.1. The SMILES string of the molecule is CCOC(=O)N1CCN(S(=O)(=O)c2ccc(C(=O)Nc3nc4c(s3)-c3cccc5cccc-4c35)cc2)CC1. The van der Waals surface area contributed by atoms with Crippen LogP contribution >= 0.6 is 11.3 Å². The third kappa shape index (κ3) is 4.12. The van der Waals surface area contributed by atoms with Crippen LogP contribution in [-0.4, -0.2) is 67.4 Å². The molecule has 2 heterocycles. The molecule has 0 spiro atoms. The van der Waals surface area contributed by atoms with E-state index in [0.717, 1.165) is 27.1 Å². The summed E-state index contributed by atoms with van der Waals surface area (Å²) >= 11 is 1.42. The molecule has 0 radical (unpaired) electrons. The van der Waals surface area contributed by atoms with E-state index in [1.165, 1.54) is 50.2 Å². The predicted molar refractivity (Wildman–Crippen MR) is 146 cm³/mol. The normalized spacial score (nSPS) is 14.9. The van der Waals surface area contributed by atoms with Gasteiger partial charge in [-0.2, -0.15) is 4.31 Å². The fourth-order valence-electron chi connectivity index (χ4n) is 4.89. The number of carbonyl (C=O) groups excluding carboxylic acids is 2. The topological polar surface area (TPSA) is 109 Å². The van der Waals surface area contributed by atoms with E-state index in [2.05, 4.69) is 23.5 Å². The first-order chi connectivity index (χ1) is 18.4. The lowest BCUT2D eigenvalue weighted by Gasteiger charge is -2.33. The zero-order chi connectivity index (χ0) is 26.4. The molecule has 2 aliphatic rings. The Bertz CT molecular complexity index is 1620. The van der Waals surface area contributed by atoms with Crippen LogP contribution in [0.3, 0.4) is 0 Å². The number of sulfonamides is 1. The molecule has 4 aromatic rings. The van der Waals surface area contributed by atoms with E-state index in [1.54, 1.807) is 6.92 Å². The van der Waals surface area contributed by atoms with Crippen molar-refractivity contribution >= 4 is 49.3 Å². The van der Waals surface area contributed by atoms with Crippen molar-refractivity contribution in [1.82, 2.24) is 14.2 Å². The lowest BCUT2D eigenvalue weighted by molar-refractivity contribution is 0.0933. The molecule has 6 rings (SSSR count). The summed E-state index contributed by atoms with van der Waals surface area (Å²) in [5.41, 5.74) is 3.36. The Hall–Kier alpha value is -3.80. The number of thiazole rings is 1. The van der Waals surface area contributed by atoms with Gasteiger partial charge in [-0.25, -0.2) is 18.2 Å². The minimum atomic E-state index is -3.76. The number of hydrogen-bond acceptors (Lipinski definition) is 7. The third-order valence-corrected chi connectivity index (χ3v) is 9.69. The number of ether oxygens (including phenoxy) is 1. The summed E-state index contributed by atoms with van der Waals surface area (Å²) in [7, 11) is -3.76. The van der Waals surface area contributed by atoms with Crippen molar-refractivity contribution in [3.63, 3.8) is 0 Å². The average molecular weight is 549 g/mol. The Morgan fingerprint density at radius 2 is 1.66 bits per heavy atom. The Balaban J connectivity index is 1.14. The Morgan fingerprint density at radius 3 is 2.34 bits per heavy atom. The van der Waals surface area contributed by atoms with Crippen molar-refractivity contribution in [2.75, 3.05) is 38.1 Å². The van der Waals surface area contributed by atoms with E-state index in [4.69, 9.17) is 9.72 Å². The summed E-state index contributed by atoms with van der Waals surface area (Å²) in [6.45, 7) is 2.87. The highest BCUT2D eigenvalue weighted by Gasteiger charge is 2.31. The maximum atomic E-state index is 13.1. The summed E-state index contributed by atoms with van der Waals surface area (Å²) in [5.74, 6) is -0.365. The molecule has 2 amide bonds. The molecule has 38 heavy (non-hydrogen) atoms. The molecule has 1 aliphatic heterocycles. The average Bonchev–Trinajstić information content (AvgIpc) is 3.48. The molecule has 9 nitrogen and oxygen atoms in total. The van der Waals surface area contributed by atoms with Gasteiger partial charge in [0.1, 0.15) is 0 Å². The first-order valence-electron chi connectivity index (χ1n) is 12.2. The van der Waals surface area contributed by atoms with Gasteiger partial charge in [0.25, 0.3) is 5.91 Å². The molecule has 194 valence electrons. The lowest BCUT2D eigenvalue weighted by Crippen LogP contribution is -2.50. The van der Waals surface area contributed by atoms with Gasteiger partial charge in [-0.3, -0.25) is 10.1 Å². The molecule has 1 aliphatic carbocycles. The molecule has 1 N–H and O–H groups in total. The molecule has 1 fully saturated rings. The summed E-state index contributed by atoms with van der Waals surface area (Å²) in [5, 5.41) is 5.69. The number of benzene rings is 3. The third-order valence-electron chi connectivity index (χ3n) is 6.77. The van der Waals surface area contributed by atoms with Gasteiger partial charge >= 0.3 is 6.09 Å². The highest BCUT2D eigenvalue weighted by atomic mass is 32.2. The van der Waals surface area contributed by atoms with E-state index < -0.39 is 16.1 Å². The van der Waals surface area contributed by atoms with Crippen molar-refractivity contribution in [2.24, 2.45) is 0 Å². The zero-order valence-electron chi connectivity index (χ0n) is 20.5. The minimum absolute atomic E-state index is 0.0940. The number of nitrogens with one attached hydrogen (secondary N) is 1. The van der Waals surface area contributed by atoms with Crippen LogP contribution in [0.25, 0.3) is 32.5 Å². The summed E-state index contributed by atoms with van der Waals surface area (Å²) in [6, 6.07) is 18.1. The Morgan fingerprint density at radius 1 is 0.974 bits per heavy atom. The number of hydrogen-bond donors (Lipinski definition) is 1. The number of aromatic nitrogens is 1. The molecule has 3 aromatic carbocycles. The van der Waals surface area contributed by atoms with Gasteiger partial charge in [-0.05, 0) is 42.0 Å². The van der Waals surface area contributed by atoms with Gasteiger partial charge in [0, 0.05) is 42.9 Å². The highest BCUT2D eigenvalue weighted by molar-refractivity contribution is 7.89. The summed E-state index contributed by atoms with van der Waals surface area (Å²) in [6.07, 6.45) is -0.438. The maximum Gasteiger partial charge on any atom is 0.409 e. The van der Waals surface area contributed by atoms with Crippen molar-refractivity contribution in [3.05, 3.63) is 66.2 Å². The largest absolute Gasteiger partial charge is 0.450 e. The molecule has 0 saturated carbocycles. The van der Waals surface area contributed by atoms with Crippen molar-refractivity contribution in [2.45, 2.75) is 11.8 Å². The molecule has 0 unspecified atom stereocenters. The molecular weight excluding hydrogens is 524 g/mol. The van der Waals surface area contributed by atoms with E-state index in [9.17, 15) is 18.0 Å². The van der Waals surface area contributed by atoms with Crippen LogP contribution in [0.1, 0.15) is 17.3 Å². The van der Waals surface area contributed by atoms with E-state index in [-0.39, 0.29) is 43.6 Å². The first-order valence-corrected chi connectivity index (χ1v) is 14.5. The molecule has 1 aromatic heterocycles. The number of anilines is 1. The number of fused-ring (bicyclic) bond motifs is 3. The first kappa shape index (κ1) is 24.5. The van der Waals surface area contributed by atoms with Crippen molar-refractivity contribution < 1.29 is 22.7 Å². The molecule has 11 heteroatoms. The number of rotatable bonds is 5. The van der Waals surface area contributed by atoms with Gasteiger partial charge in [-0.1, -0.05) is 47.7 Å². The van der Waals surface area contributed by atoms with Crippen molar-refractivity contribution in [1.29, 1.82) is 0 Å². The lowest BCUT2D eigenvalue weighted by atomic mass is 10.0. The fourth-order valence-corrected chi connectivity index (χ4v) is 7.32. The Kier molecular flexibility index (Phi) is 6.13. The number of piperazine rings is 1. The van der Waals surface area contributed by atoms with Crippen LogP contribution in [0.5, 0.6) is 0 Å². The minimum Gasteiger partial charge on any atom is -0.450 e. The van der Waals surface area contributed by atoms with Gasteiger partial charge in [0.05, 0.1) is 22.1 Å². The smallest absolute Gasteiger partial charge is 0.409 e. The number of carbonyl (C=O) groups is 2. The van der Waals surface area contributed by atoms with Crippen LogP contribution < -0.4 is 5.32 Å². The predicted octanol–water partition coefficient (Wildman–Crippen LogP) is 4.66. The van der Waals surface area contributed by atoms with Gasteiger partial charge in [0.15, 0.2) is 5.13 Å². The van der Waals surface area contributed by atoms with Gasteiger partial charge < -0.3 is 9.64 Å². The van der Waals surface area contributed by atoms with Crippen LogP contribution in [-0.2, 0) is 14.8 Å². The highest BCUT2D eigenvalue weighted by Crippen LogP contribution is 2.50. The van der Waals surface area contributed by atoms with Crippen LogP contribution in [0.15, 0.2) is 65.6 Å². The van der Waals surface area contributed by atoms with Crippen LogP contribution in [0.2, 0.25) is 0 Å². The summed E-state index contributed by atoms with van der Waals surface area (Å²) < 4.78 is 32.5. The van der Waals surface area contributed by atoms with Crippen LogP contribution in [0.4, 0.5) is 9.93 Å². The second kappa shape index (κ2) is 9.50. The van der Waals surface area contributed by atoms with E-state index in [1.807, 2.05) is 18.2 Å². The van der Waals surface area contributed by atoms with Gasteiger partial charge in [-0.15, -0.1) is 0 Å². The second-order valence-corrected chi connectivity index (χ2v) is 11.9. The second-order valence-electron chi connectivity index (χ2n) is 8.97. The molecule has 0 atom stereocenters. The fraction of sp³-hybridized carbons (Fsp3) is 0.222. The number of amides is 2. The molecule has 0 bridgehead atoms. The number of nitrogens with zero attached hydrogens (tertiary/aromatic N) is 3. The summed E-state index contributed by atoms with van der Waals surface area (Å²) in [4.78, 5) is 32.1. The zero-order valence-corrected chi connectivity index (χ0v) is 22.1. The molecule has 1 saturated heterocycles. The molecular formula is C27H24N4O5S2. The Labute approximate surface area is 223 Å². The quantitative estimate of drug-likeness (QED) is 0.342. The van der Waals surface area contributed by atoms with Gasteiger partial charge in [0.2, 0.25) is 10.0 Å². The van der Waals surface area contributed by atoms with E-state index >= 15 is 0 Å². The monoisotopic (exact) mass is 548 g/mol. The van der Waals surface area contributed by atoms with Crippen LogP contribution in [0, 0.1) is 0 Å². The van der Waals surface area contributed by atoms with Crippen molar-refractivity contribution in [3.8, 4) is 21.7 Å². The standard InChI is InChI=1S/C27H24N4O5S2/c1-2-36-27(33)30-13-15-31(16-14-30)38(34,35)19-11-9-18(10-12-19)25(32)29-26-28-23-20-7-3-5-17-6-4-8-21(22(17)20)24(23)37-26/h3-12H,2,13-16H2,1H3,(H,28,29,32). The van der Waals surface area contributed by atoms with E-state index in [0.29, 0.717) is 10.7 Å².